The molecule has 4 nitrogen and oxygen atoms in total. The van der Waals surface area contributed by atoms with Crippen LogP contribution in [0, 0.1) is 12.3 Å². The number of methoxy groups -OCH3 is 1. The van der Waals surface area contributed by atoms with Gasteiger partial charge in [0.15, 0.2) is 0 Å². The molecule has 0 fully saturated rings. The fraction of sp³-hybridized carbons (Fsp3) is 0.240. The van der Waals surface area contributed by atoms with Crippen molar-refractivity contribution in [1.82, 2.24) is 9.13 Å². The third kappa shape index (κ3) is 4.57. The molecule has 0 amide bonds. The van der Waals surface area contributed by atoms with Crippen LogP contribution in [0.2, 0.25) is 10.0 Å². The zero-order chi connectivity index (χ0) is 22.0. The van der Waals surface area contributed by atoms with Gasteiger partial charge >= 0.3 is 0 Å². The van der Waals surface area contributed by atoms with Gasteiger partial charge in [-0.15, -0.1) is 0 Å². The molecule has 1 unspecified atom stereocenters. The number of nitrogens with zero attached hydrogens (tertiary/aromatic N) is 2. The number of aromatic nitrogens is 2. The number of para-hydroxylation sites is 2. The quantitative estimate of drug-likeness (QED) is 0.365. The summed E-state index contributed by atoms with van der Waals surface area (Å²) < 4.78 is 9.66. The number of benzene rings is 3. The summed E-state index contributed by atoms with van der Waals surface area (Å²) in [6.07, 6.45) is 0.783. The predicted molar refractivity (Wildman–Crippen MR) is 127 cm³/mol. The molecule has 0 spiro atoms. The van der Waals surface area contributed by atoms with E-state index < -0.39 is 0 Å². The van der Waals surface area contributed by atoms with Crippen LogP contribution < -0.4 is 5.62 Å². The van der Waals surface area contributed by atoms with Gasteiger partial charge in [-0.05, 0) is 48.7 Å². The largest absolute Gasteiger partial charge is 0.383 e. The molecule has 4 rings (SSSR count). The summed E-state index contributed by atoms with van der Waals surface area (Å²) in [5.74, 6) is 0. The van der Waals surface area contributed by atoms with Crippen molar-refractivity contribution >= 4 is 34.2 Å². The fourth-order valence-corrected chi connectivity index (χ4v) is 4.34. The van der Waals surface area contributed by atoms with Crippen LogP contribution in [0.1, 0.15) is 22.7 Å². The lowest BCUT2D eigenvalue weighted by atomic mass is 10.0. The highest BCUT2D eigenvalue weighted by atomic mass is 35.5. The third-order valence-electron chi connectivity index (χ3n) is 5.56. The highest BCUT2D eigenvalue weighted by Gasteiger charge is 2.19. The normalized spacial score (nSPS) is 12.4. The molecular formula is C25H25Cl2N3O. The van der Waals surface area contributed by atoms with Gasteiger partial charge < -0.3 is 13.9 Å². The standard InChI is InChI=1S/C25H25Cl2N3O/c1-17-7-9-18(10-8-17)13-20(16-31-2)30-24-6-4-3-5-23(24)29(25(30)28)15-19-11-12-21(26)22(27)14-19/h3-12,14,20,28H,13,15-16H2,1-2H3. The molecule has 6 heteroatoms. The summed E-state index contributed by atoms with van der Waals surface area (Å²) in [6, 6.07) is 22.3. The van der Waals surface area contributed by atoms with Crippen LogP contribution in [0.5, 0.6) is 0 Å². The molecule has 0 radical (unpaired) electrons. The van der Waals surface area contributed by atoms with Gasteiger partial charge in [-0.2, -0.15) is 0 Å². The summed E-state index contributed by atoms with van der Waals surface area (Å²) in [6.45, 7) is 3.14. The number of halogens is 2. The van der Waals surface area contributed by atoms with Crippen LogP contribution in [0.25, 0.3) is 11.0 Å². The molecule has 0 saturated carbocycles. The molecule has 1 aromatic heterocycles. The van der Waals surface area contributed by atoms with Gasteiger partial charge in [0, 0.05) is 7.11 Å². The van der Waals surface area contributed by atoms with E-state index in [1.165, 1.54) is 11.1 Å². The molecule has 160 valence electrons. The Morgan fingerprint density at radius 3 is 2.26 bits per heavy atom. The molecule has 0 bridgehead atoms. The average molecular weight is 454 g/mol. The smallest absolute Gasteiger partial charge is 0.203 e. The lowest BCUT2D eigenvalue weighted by molar-refractivity contribution is 0.154. The van der Waals surface area contributed by atoms with E-state index in [2.05, 4.69) is 47.9 Å². The number of ether oxygens (including phenoxy) is 1. The summed E-state index contributed by atoms with van der Waals surface area (Å²) in [4.78, 5) is 0. The molecule has 31 heavy (non-hydrogen) atoms. The van der Waals surface area contributed by atoms with Crippen molar-refractivity contribution in [2.45, 2.75) is 25.9 Å². The predicted octanol–water partition coefficient (Wildman–Crippen LogP) is 6.02. The molecular weight excluding hydrogens is 429 g/mol. The lowest BCUT2D eigenvalue weighted by Crippen LogP contribution is -2.31. The van der Waals surface area contributed by atoms with Gasteiger partial charge in [0.2, 0.25) is 5.62 Å². The van der Waals surface area contributed by atoms with Crippen molar-refractivity contribution < 1.29 is 4.74 Å². The number of hydrogen-bond acceptors (Lipinski definition) is 2. The summed E-state index contributed by atoms with van der Waals surface area (Å²) in [7, 11) is 1.71. The second-order valence-corrected chi connectivity index (χ2v) is 8.63. The van der Waals surface area contributed by atoms with E-state index in [9.17, 15) is 0 Å². The number of nitrogens with one attached hydrogen (secondary N) is 1. The van der Waals surface area contributed by atoms with Crippen LogP contribution in [-0.4, -0.2) is 22.9 Å². The van der Waals surface area contributed by atoms with Gasteiger partial charge in [-0.25, -0.2) is 0 Å². The minimum Gasteiger partial charge on any atom is -0.383 e. The Labute approximate surface area is 192 Å². The molecule has 0 aliphatic carbocycles. The Balaban J connectivity index is 1.79. The number of aryl methyl sites for hydroxylation is 1. The first kappa shape index (κ1) is 21.7. The minimum atomic E-state index is 0.000150. The maximum absolute atomic E-state index is 9.04. The second kappa shape index (κ2) is 9.31. The first-order chi connectivity index (χ1) is 15.0. The number of hydrogen-bond donors (Lipinski definition) is 1. The van der Waals surface area contributed by atoms with Gasteiger partial charge in [-0.1, -0.05) is 71.2 Å². The van der Waals surface area contributed by atoms with Crippen molar-refractivity contribution in [3.8, 4) is 0 Å². The van der Waals surface area contributed by atoms with E-state index >= 15 is 0 Å². The van der Waals surface area contributed by atoms with E-state index in [1.807, 2.05) is 28.8 Å². The van der Waals surface area contributed by atoms with Crippen molar-refractivity contribution in [2.75, 3.05) is 13.7 Å². The van der Waals surface area contributed by atoms with Gasteiger partial charge in [0.05, 0.1) is 40.3 Å². The van der Waals surface area contributed by atoms with E-state index in [-0.39, 0.29) is 6.04 Å². The maximum atomic E-state index is 9.04. The molecule has 4 aromatic rings. The first-order valence-corrected chi connectivity index (χ1v) is 11.0. The van der Waals surface area contributed by atoms with Crippen LogP contribution in [0.4, 0.5) is 0 Å². The second-order valence-electron chi connectivity index (χ2n) is 7.82. The average Bonchev–Trinajstić information content (AvgIpc) is 3.03. The summed E-state index contributed by atoms with van der Waals surface area (Å²) in [5.41, 5.74) is 5.91. The van der Waals surface area contributed by atoms with E-state index in [4.69, 9.17) is 33.3 Å². The Kier molecular flexibility index (Phi) is 6.51. The van der Waals surface area contributed by atoms with E-state index in [0.29, 0.717) is 28.8 Å². The zero-order valence-corrected chi connectivity index (χ0v) is 19.1. The topological polar surface area (TPSA) is 42.9 Å². The Morgan fingerprint density at radius 1 is 0.903 bits per heavy atom. The Bertz CT molecular complexity index is 1260. The molecule has 0 aliphatic rings. The van der Waals surface area contributed by atoms with Crippen molar-refractivity contribution in [3.63, 3.8) is 0 Å². The molecule has 0 saturated heterocycles. The molecule has 1 heterocycles. The van der Waals surface area contributed by atoms with Crippen molar-refractivity contribution in [3.05, 3.63) is 99.1 Å². The lowest BCUT2D eigenvalue weighted by Gasteiger charge is -2.19. The molecule has 1 atom stereocenters. The van der Waals surface area contributed by atoms with E-state index in [0.717, 1.165) is 23.0 Å². The zero-order valence-electron chi connectivity index (χ0n) is 17.6. The molecule has 3 aromatic carbocycles. The highest BCUT2D eigenvalue weighted by Crippen LogP contribution is 2.25. The molecule has 0 aliphatic heterocycles. The van der Waals surface area contributed by atoms with Crippen molar-refractivity contribution in [2.24, 2.45) is 0 Å². The van der Waals surface area contributed by atoms with Crippen LogP contribution >= 0.6 is 23.2 Å². The molecule has 1 N–H and O–H groups in total. The minimum absolute atomic E-state index is 0.000150. The van der Waals surface area contributed by atoms with Crippen LogP contribution in [-0.2, 0) is 17.7 Å². The third-order valence-corrected chi connectivity index (χ3v) is 6.30. The maximum Gasteiger partial charge on any atom is 0.203 e. The van der Waals surface area contributed by atoms with Gasteiger partial charge in [-0.3, -0.25) is 5.41 Å². The van der Waals surface area contributed by atoms with Gasteiger partial charge in [0.1, 0.15) is 0 Å². The Morgan fingerprint density at radius 2 is 1.58 bits per heavy atom. The number of fused-ring (bicyclic) bond motifs is 1. The van der Waals surface area contributed by atoms with Crippen molar-refractivity contribution in [1.29, 1.82) is 5.41 Å². The number of imidazole rings is 1. The Hall–Kier alpha value is -2.53. The summed E-state index contributed by atoms with van der Waals surface area (Å²) >= 11 is 12.3. The summed E-state index contributed by atoms with van der Waals surface area (Å²) in [5, 5.41) is 10.1. The van der Waals surface area contributed by atoms with Gasteiger partial charge in [0.25, 0.3) is 0 Å². The fourth-order valence-electron chi connectivity index (χ4n) is 4.02. The van der Waals surface area contributed by atoms with E-state index in [1.54, 1.807) is 13.2 Å². The monoisotopic (exact) mass is 453 g/mol. The van der Waals surface area contributed by atoms with Crippen LogP contribution in [0.3, 0.4) is 0 Å². The first-order valence-electron chi connectivity index (χ1n) is 10.2. The van der Waals surface area contributed by atoms with Crippen LogP contribution in [0.15, 0.2) is 66.7 Å². The highest BCUT2D eigenvalue weighted by molar-refractivity contribution is 6.42. The number of rotatable bonds is 7. The SMILES string of the molecule is COCC(Cc1ccc(C)cc1)n1c(=N)n(Cc2ccc(Cl)c(Cl)c2)c2ccccc21.